The van der Waals surface area contributed by atoms with Gasteiger partial charge < -0.3 is 15.2 Å². The number of methoxy groups -OCH3 is 1. The highest BCUT2D eigenvalue weighted by Gasteiger charge is 2.05. The second kappa shape index (κ2) is 4.81. The van der Waals surface area contributed by atoms with Crippen molar-refractivity contribution in [3.63, 3.8) is 0 Å². The van der Waals surface area contributed by atoms with Gasteiger partial charge in [-0.3, -0.25) is 4.98 Å². The molecule has 0 saturated heterocycles. The summed E-state index contributed by atoms with van der Waals surface area (Å²) in [6, 6.07) is 7.47. The number of rotatable bonds is 4. The quantitative estimate of drug-likeness (QED) is 0.628. The molecule has 0 spiro atoms. The first-order valence-corrected chi connectivity index (χ1v) is 5.08. The number of nitrogens with zero attached hydrogens (tertiary/aromatic N) is 1. The van der Waals surface area contributed by atoms with Crippen LogP contribution < -0.4 is 10.5 Å². The summed E-state index contributed by atoms with van der Waals surface area (Å²) in [5.41, 5.74) is 7.27. The Balaban J connectivity index is 2.35. The largest absolute Gasteiger partial charge is 0.490 e. The van der Waals surface area contributed by atoms with Crippen LogP contribution in [0.15, 0.2) is 30.5 Å². The van der Waals surface area contributed by atoms with Crippen LogP contribution in [0.5, 0.6) is 5.75 Å². The van der Waals surface area contributed by atoms with Crippen LogP contribution in [0.2, 0.25) is 0 Å². The molecule has 0 atom stereocenters. The summed E-state index contributed by atoms with van der Waals surface area (Å²) in [7, 11) is 1.64. The molecule has 84 valence electrons. The van der Waals surface area contributed by atoms with Gasteiger partial charge in [0.2, 0.25) is 0 Å². The lowest BCUT2D eigenvalue weighted by Gasteiger charge is -2.09. The molecule has 0 aliphatic rings. The van der Waals surface area contributed by atoms with Gasteiger partial charge in [-0.1, -0.05) is 0 Å². The van der Waals surface area contributed by atoms with Gasteiger partial charge in [-0.2, -0.15) is 0 Å². The molecule has 0 radical (unpaired) electrons. The average molecular weight is 218 g/mol. The molecule has 0 aliphatic heterocycles. The van der Waals surface area contributed by atoms with E-state index in [0.29, 0.717) is 18.9 Å². The topological polar surface area (TPSA) is 57.4 Å². The number of ether oxygens (including phenoxy) is 2. The fraction of sp³-hybridized carbons (Fsp3) is 0.250. The van der Waals surface area contributed by atoms with E-state index in [0.717, 1.165) is 16.7 Å². The van der Waals surface area contributed by atoms with Gasteiger partial charge in [0, 0.05) is 18.7 Å². The van der Waals surface area contributed by atoms with E-state index in [9.17, 15) is 0 Å². The number of nitrogens with two attached hydrogens (primary N) is 1. The van der Waals surface area contributed by atoms with E-state index in [4.69, 9.17) is 15.2 Å². The Morgan fingerprint density at radius 2 is 2.12 bits per heavy atom. The first-order valence-electron chi connectivity index (χ1n) is 5.08. The highest BCUT2D eigenvalue weighted by molar-refractivity contribution is 5.93. The SMILES string of the molecule is COCCOc1ccc(N)c2ncccc12. The van der Waals surface area contributed by atoms with Crippen LogP contribution in [0.1, 0.15) is 0 Å². The fourth-order valence-electron chi connectivity index (χ4n) is 1.53. The van der Waals surface area contributed by atoms with E-state index < -0.39 is 0 Å². The Kier molecular flexibility index (Phi) is 3.22. The molecule has 2 rings (SSSR count). The number of hydrogen-bond donors (Lipinski definition) is 1. The Labute approximate surface area is 94.0 Å². The van der Waals surface area contributed by atoms with E-state index in [1.807, 2.05) is 18.2 Å². The average Bonchev–Trinajstić information content (AvgIpc) is 2.33. The molecule has 0 fully saturated rings. The van der Waals surface area contributed by atoms with E-state index >= 15 is 0 Å². The molecule has 0 amide bonds. The summed E-state index contributed by atoms with van der Waals surface area (Å²) in [6.07, 6.45) is 1.72. The van der Waals surface area contributed by atoms with Crippen LogP contribution in [0.4, 0.5) is 5.69 Å². The molecular weight excluding hydrogens is 204 g/mol. The van der Waals surface area contributed by atoms with Crippen LogP contribution in [0.25, 0.3) is 10.9 Å². The van der Waals surface area contributed by atoms with Crippen molar-refractivity contribution in [3.8, 4) is 5.75 Å². The zero-order valence-electron chi connectivity index (χ0n) is 9.14. The highest BCUT2D eigenvalue weighted by Crippen LogP contribution is 2.28. The van der Waals surface area contributed by atoms with Crippen molar-refractivity contribution in [3.05, 3.63) is 30.5 Å². The van der Waals surface area contributed by atoms with Crippen molar-refractivity contribution in [1.29, 1.82) is 0 Å². The van der Waals surface area contributed by atoms with Crippen molar-refractivity contribution in [2.75, 3.05) is 26.1 Å². The predicted molar refractivity (Wildman–Crippen MR) is 63.5 cm³/mol. The zero-order chi connectivity index (χ0) is 11.4. The highest BCUT2D eigenvalue weighted by atomic mass is 16.5. The lowest BCUT2D eigenvalue weighted by molar-refractivity contribution is 0.147. The van der Waals surface area contributed by atoms with Crippen LogP contribution >= 0.6 is 0 Å². The molecule has 2 aromatic rings. The van der Waals surface area contributed by atoms with Gasteiger partial charge in [-0.05, 0) is 24.3 Å². The summed E-state index contributed by atoms with van der Waals surface area (Å²) in [5.74, 6) is 0.786. The third-order valence-corrected chi connectivity index (χ3v) is 2.31. The first-order chi connectivity index (χ1) is 7.83. The minimum Gasteiger partial charge on any atom is -0.490 e. The third kappa shape index (κ3) is 2.06. The summed E-state index contributed by atoms with van der Waals surface area (Å²) in [6.45, 7) is 1.08. The van der Waals surface area contributed by atoms with Crippen LogP contribution in [-0.2, 0) is 4.74 Å². The monoisotopic (exact) mass is 218 g/mol. The maximum absolute atomic E-state index is 5.84. The van der Waals surface area contributed by atoms with Gasteiger partial charge in [0.25, 0.3) is 0 Å². The molecule has 1 heterocycles. The number of pyridine rings is 1. The predicted octanol–water partition coefficient (Wildman–Crippen LogP) is 1.84. The summed E-state index contributed by atoms with van der Waals surface area (Å²) in [4.78, 5) is 4.23. The summed E-state index contributed by atoms with van der Waals surface area (Å²) < 4.78 is 10.5. The number of hydrogen-bond acceptors (Lipinski definition) is 4. The molecule has 4 nitrogen and oxygen atoms in total. The Morgan fingerprint density at radius 1 is 1.25 bits per heavy atom. The molecule has 4 heteroatoms. The second-order valence-corrected chi connectivity index (χ2v) is 3.39. The van der Waals surface area contributed by atoms with Crippen molar-refractivity contribution in [2.24, 2.45) is 0 Å². The number of benzene rings is 1. The number of aromatic nitrogens is 1. The number of fused-ring (bicyclic) bond motifs is 1. The molecule has 0 unspecified atom stereocenters. The van der Waals surface area contributed by atoms with Crippen LogP contribution in [0.3, 0.4) is 0 Å². The van der Waals surface area contributed by atoms with Gasteiger partial charge in [-0.25, -0.2) is 0 Å². The summed E-state index contributed by atoms with van der Waals surface area (Å²) in [5, 5.41) is 0.929. The van der Waals surface area contributed by atoms with E-state index in [1.165, 1.54) is 0 Å². The smallest absolute Gasteiger partial charge is 0.128 e. The van der Waals surface area contributed by atoms with Crippen molar-refractivity contribution < 1.29 is 9.47 Å². The Morgan fingerprint density at radius 3 is 2.94 bits per heavy atom. The normalized spacial score (nSPS) is 10.6. The first kappa shape index (κ1) is 10.7. The van der Waals surface area contributed by atoms with Crippen LogP contribution in [0, 0.1) is 0 Å². The van der Waals surface area contributed by atoms with Gasteiger partial charge in [-0.15, -0.1) is 0 Å². The van der Waals surface area contributed by atoms with Crippen LogP contribution in [-0.4, -0.2) is 25.3 Å². The van der Waals surface area contributed by atoms with Crippen molar-refractivity contribution in [1.82, 2.24) is 4.98 Å². The molecule has 0 bridgehead atoms. The minimum absolute atomic E-state index is 0.518. The van der Waals surface area contributed by atoms with Gasteiger partial charge in [0.05, 0.1) is 17.8 Å². The van der Waals surface area contributed by atoms with E-state index in [1.54, 1.807) is 19.4 Å². The Bertz CT molecular complexity index is 485. The van der Waals surface area contributed by atoms with Gasteiger partial charge in [0.1, 0.15) is 12.4 Å². The maximum atomic E-state index is 5.84. The fourth-order valence-corrected chi connectivity index (χ4v) is 1.53. The Hall–Kier alpha value is -1.81. The summed E-state index contributed by atoms with van der Waals surface area (Å²) >= 11 is 0. The van der Waals surface area contributed by atoms with Crippen molar-refractivity contribution in [2.45, 2.75) is 0 Å². The van der Waals surface area contributed by atoms with E-state index in [2.05, 4.69) is 4.98 Å². The second-order valence-electron chi connectivity index (χ2n) is 3.39. The molecule has 0 saturated carbocycles. The maximum Gasteiger partial charge on any atom is 0.128 e. The lowest BCUT2D eigenvalue weighted by atomic mass is 10.2. The third-order valence-electron chi connectivity index (χ3n) is 2.31. The zero-order valence-corrected chi connectivity index (χ0v) is 9.14. The molecular formula is C12H14N2O2. The lowest BCUT2D eigenvalue weighted by Crippen LogP contribution is -2.05. The minimum atomic E-state index is 0.518. The number of nitrogen functional groups attached to an aromatic ring is 1. The van der Waals surface area contributed by atoms with Gasteiger partial charge in [0.15, 0.2) is 0 Å². The molecule has 16 heavy (non-hydrogen) atoms. The number of anilines is 1. The molecule has 0 aliphatic carbocycles. The molecule has 1 aromatic carbocycles. The molecule has 1 aromatic heterocycles. The standard InChI is InChI=1S/C12H14N2O2/c1-15-7-8-16-11-5-4-10(13)12-9(11)3-2-6-14-12/h2-6H,7-8,13H2,1H3. The molecule has 2 N–H and O–H groups in total. The van der Waals surface area contributed by atoms with Gasteiger partial charge >= 0.3 is 0 Å². The van der Waals surface area contributed by atoms with E-state index in [-0.39, 0.29) is 0 Å². The van der Waals surface area contributed by atoms with Crippen molar-refractivity contribution >= 4 is 16.6 Å².